The number of rotatable bonds is 2. The molecule has 1 N–H and O–H groups in total. The summed E-state index contributed by atoms with van der Waals surface area (Å²) < 4.78 is 0. The van der Waals surface area contributed by atoms with E-state index in [2.05, 4.69) is 6.92 Å². The van der Waals surface area contributed by atoms with Gasteiger partial charge >= 0.3 is 5.97 Å². The molecular weight excluding hydrogens is 154 g/mol. The van der Waals surface area contributed by atoms with Crippen LogP contribution in [0, 0.1) is 5.92 Å². The molecule has 2 unspecified atom stereocenters. The first kappa shape index (κ1) is 9.52. The second kappa shape index (κ2) is 3.90. The fourth-order valence-electron chi connectivity index (χ4n) is 1.82. The molecule has 3 heteroatoms. The molecule has 2 atom stereocenters. The summed E-state index contributed by atoms with van der Waals surface area (Å²) in [6.45, 7) is 3.06. The largest absolute Gasteiger partial charge is 0.480 e. The number of hydrogen-bond acceptors (Lipinski definition) is 2. The number of carboxylic acids is 1. The van der Waals surface area contributed by atoms with Gasteiger partial charge in [0.15, 0.2) is 0 Å². The van der Waals surface area contributed by atoms with Gasteiger partial charge in [0.25, 0.3) is 0 Å². The lowest BCUT2D eigenvalue weighted by molar-refractivity contribution is -0.144. The molecule has 1 fully saturated rings. The van der Waals surface area contributed by atoms with Crippen LogP contribution in [0.15, 0.2) is 0 Å². The first-order valence-electron chi connectivity index (χ1n) is 4.58. The summed E-state index contributed by atoms with van der Waals surface area (Å²) in [5.41, 5.74) is 0. The van der Waals surface area contributed by atoms with Gasteiger partial charge in [0, 0.05) is 0 Å². The Morgan fingerprint density at radius 2 is 2.33 bits per heavy atom. The van der Waals surface area contributed by atoms with Gasteiger partial charge in [0.2, 0.25) is 0 Å². The van der Waals surface area contributed by atoms with E-state index in [1.165, 1.54) is 0 Å². The van der Waals surface area contributed by atoms with E-state index in [9.17, 15) is 4.79 Å². The van der Waals surface area contributed by atoms with Crippen molar-refractivity contribution in [2.75, 3.05) is 13.6 Å². The van der Waals surface area contributed by atoms with Crippen molar-refractivity contribution in [2.45, 2.75) is 32.2 Å². The van der Waals surface area contributed by atoms with Crippen molar-refractivity contribution >= 4 is 5.97 Å². The summed E-state index contributed by atoms with van der Waals surface area (Å²) >= 11 is 0. The molecule has 1 saturated heterocycles. The van der Waals surface area contributed by atoms with Crippen LogP contribution in [-0.2, 0) is 4.79 Å². The third kappa shape index (κ3) is 1.97. The van der Waals surface area contributed by atoms with Crippen molar-refractivity contribution in [3.05, 3.63) is 0 Å². The monoisotopic (exact) mass is 171 g/mol. The summed E-state index contributed by atoms with van der Waals surface area (Å²) in [5, 5.41) is 8.88. The number of carbonyl (C=O) groups is 1. The van der Waals surface area contributed by atoms with Crippen LogP contribution in [0.5, 0.6) is 0 Å². The highest BCUT2D eigenvalue weighted by molar-refractivity contribution is 5.73. The minimum absolute atomic E-state index is 0.247. The quantitative estimate of drug-likeness (QED) is 0.678. The van der Waals surface area contributed by atoms with Crippen LogP contribution >= 0.6 is 0 Å². The summed E-state index contributed by atoms with van der Waals surface area (Å²) in [6.07, 6.45) is 3.08. The molecule has 12 heavy (non-hydrogen) atoms. The van der Waals surface area contributed by atoms with Crippen LogP contribution in [0.25, 0.3) is 0 Å². The number of likely N-dealkylation sites (tertiary alicyclic amines) is 1. The zero-order valence-corrected chi connectivity index (χ0v) is 7.79. The molecule has 0 spiro atoms. The molecule has 0 aromatic rings. The molecule has 70 valence electrons. The molecular formula is C9H17NO2. The summed E-state index contributed by atoms with van der Waals surface area (Å²) in [7, 11) is 1.89. The van der Waals surface area contributed by atoms with E-state index < -0.39 is 5.97 Å². The van der Waals surface area contributed by atoms with E-state index in [0.29, 0.717) is 5.92 Å². The van der Waals surface area contributed by atoms with Crippen molar-refractivity contribution in [3.8, 4) is 0 Å². The lowest BCUT2D eigenvalue weighted by Crippen LogP contribution is -2.44. The van der Waals surface area contributed by atoms with Gasteiger partial charge in [-0.25, -0.2) is 0 Å². The Labute approximate surface area is 73.4 Å². The molecule has 1 heterocycles. The Bertz CT molecular complexity index is 170. The van der Waals surface area contributed by atoms with Crippen molar-refractivity contribution < 1.29 is 9.90 Å². The SMILES string of the molecule is CCC1CCN(C)C(C(=O)O)C1. The summed E-state index contributed by atoms with van der Waals surface area (Å²) in [6, 6.07) is -0.247. The summed E-state index contributed by atoms with van der Waals surface area (Å²) in [5.74, 6) is -0.0575. The number of piperidine rings is 1. The van der Waals surface area contributed by atoms with Gasteiger partial charge in [-0.1, -0.05) is 13.3 Å². The highest BCUT2D eigenvalue weighted by Crippen LogP contribution is 2.23. The van der Waals surface area contributed by atoms with E-state index in [0.717, 1.165) is 25.8 Å². The van der Waals surface area contributed by atoms with Crippen LogP contribution in [0.2, 0.25) is 0 Å². The Balaban J connectivity index is 2.53. The molecule has 0 bridgehead atoms. The normalized spacial score (nSPS) is 31.8. The van der Waals surface area contributed by atoms with Crippen LogP contribution in [0.1, 0.15) is 26.2 Å². The molecule has 1 aliphatic rings. The van der Waals surface area contributed by atoms with E-state index in [1.807, 2.05) is 11.9 Å². The lowest BCUT2D eigenvalue weighted by Gasteiger charge is -2.34. The predicted molar refractivity (Wildman–Crippen MR) is 47.1 cm³/mol. The number of likely N-dealkylation sites (N-methyl/N-ethyl adjacent to an activating group) is 1. The van der Waals surface area contributed by atoms with Crippen molar-refractivity contribution in [2.24, 2.45) is 5.92 Å². The molecule has 1 aliphatic heterocycles. The maximum atomic E-state index is 10.8. The highest BCUT2D eigenvalue weighted by atomic mass is 16.4. The molecule has 0 aromatic carbocycles. The zero-order valence-electron chi connectivity index (χ0n) is 7.79. The fourth-order valence-corrected chi connectivity index (χ4v) is 1.82. The molecule has 0 saturated carbocycles. The second-order valence-electron chi connectivity index (χ2n) is 3.63. The number of hydrogen-bond donors (Lipinski definition) is 1. The first-order valence-corrected chi connectivity index (χ1v) is 4.58. The number of carboxylic acid groups (broad SMARTS) is 1. The van der Waals surface area contributed by atoms with Gasteiger partial charge < -0.3 is 5.11 Å². The highest BCUT2D eigenvalue weighted by Gasteiger charge is 2.29. The molecule has 0 radical (unpaired) electrons. The Hall–Kier alpha value is -0.570. The average Bonchev–Trinajstić information content (AvgIpc) is 2.05. The molecule has 1 rings (SSSR count). The van der Waals surface area contributed by atoms with Gasteiger partial charge in [-0.3, -0.25) is 9.69 Å². The number of nitrogens with zero attached hydrogens (tertiary/aromatic N) is 1. The Morgan fingerprint density at radius 1 is 1.67 bits per heavy atom. The zero-order chi connectivity index (χ0) is 9.14. The fraction of sp³-hybridized carbons (Fsp3) is 0.889. The van der Waals surface area contributed by atoms with Gasteiger partial charge in [0.05, 0.1) is 0 Å². The topological polar surface area (TPSA) is 40.5 Å². The van der Waals surface area contributed by atoms with Crippen LogP contribution in [0.3, 0.4) is 0 Å². The van der Waals surface area contributed by atoms with Crippen molar-refractivity contribution in [3.63, 3.8) is 0 Å². The van der Waals surface area contributed by atoms with Crippen molar-refractivity contribution in [1.82, 2.24) is 4.90 Å². The molecule has 0 aliphatic carbocycles. The van der Waals surface area contributed by atoms with E-state index in [1.54, 1.807) is 0 Å². The van der Waals surface area contributed by atoms with Gasteiger partial charge in [-0.15, -0.1) is 0 Å². The van der Waals surface area contributed by atoms with Gasteiger partial charge in [-0.2, -0.15) is 0 Å². The number of aliphatic carboxylic acids is 1. The second-order valence-corrected chi connectivity index (χ2v) is 3.63. The maximum Gasteiger partial charge on any atom is 0.320 e. The van der Waals surface area contributed by atoms with Crippen molar-refractivity contribution in [1.29, 1.82) is 0 Å². The lowest BCUT2D eigenvalue weighted by atomic mass is 9.89. The minimum atomic E-state index is -0.671. The third-order valence-electron chi connectivity index (χ3n) is 2.84. The smallest absolute Gasteiger partial charge is 0.320 e. The van der Waals surface area contributed by atoms with Crippen LogP contribution < -0.4 is 0 Å². The molecule has 0 aromatic heterocycles. The van der Waals surface area contributed by atoms with Crippen LogP contribution in [0.4, 0.5) is 0 Å². The van der Waals surface area contributed by atoms with E-state index in [4.69, 9.17) is 5.11 Å². The predicted octanol–water partition coefficient (Wildman–Crippen LogP) is 1.19. The standard InChI is InChI=1S/C9H17NO2/c1-3-7-4-5-10(2)8(6-7)9(11)12/h7-8H,3-6H2,1-2H3,(H,11,12). The minimum Gasteiger partial charge on any atom is -0.480 e. The third-order valence-corrected chi connectivity index (χ3v) is 2.84. The first-order chi connectivity index (χ1) is 5.65. The van der Waals surface area contributed by atoms with Gasteiger partial charge in [-0.05, 0) is 32.4 Å². The van der Waals surface area contributed by atoms with Crippen LogP contribution in [-0.4, -0.2) is 35.6 Å². The summed E-state index contributed by atoms with van der Waals surface area (Å²) in [4.78, 5) is 12.7. The molecule has 0 amide bonds. The van der Waals surface area contributed by atoms with Gasteiger partial charge in [0.1, 0.15) is 6.04 Å². The van der Waals surface area contributed by atoms with E-state index in [-0.39, 0.29) is 6.04 Å². The Kier molecular flexibility index (Phi) is 3.09. The van der Waals surface area contributed by atoms with E-state index >= 15 is 0 Å². The average molecular weight is 171 g/mol. The molecule has 3 nitrogen and oxygen atoms in total. The Morgan fingerprint density at radius 3 is 2.83 bits per heavy atom. The maximum absolute atomic E-state index is 10.8.